The molecule has 1 amide bonds. The summed E-state index contributed by atoms with van der Waals surface area (Å²) >= 11 is 0. The van der Waals surface area contributed by atoms with E-state index in [2.05, 4.69) is 27.4 Å². The third-order valence-electron chi connectivity index (χ3n) is 6.52. The van der Waals surface area contributed by atoms with Gasteiger partial charge in [0.2, 0.25) is 0 Å². The van der Waals surface area contributed by atoms with E-state index in [9.17, 15) is 14.7 Å². The molecule has 1 aliphatic carbocycles. The average molecular weight is 404 g/mol. The zero-order valence-corrected chi connectivity index (χ0v) is 16.7. The van der Waals surface area contributed by atoms with Crippen molar-refractivity contribution in [1.29, 1.82) is 0 Å². The molecule has 4 aliphatic rings. The molecule has 1 unspecified atom stereocenters. The SMILES string of the molecule is NC(=O)c1nc2n(c1CN1CCCC1)C1CC(C1)c1ccc(C#CC(O)C=O)cc1-2. The summed E-state index contributed by atoms with van der Waals surface area (Å²) in [4.78, 5) is 30.0. The molecule has 0 spiro atoms. The molecule has 1 aromatic carbocycles. The lowest BCUT2D eigenvalue weighted by atomic mass is 9.75. The summed E-state index contributed by atoms with van der Waals surface area (Å²) < 4.78 is 2.23. The molecule has 7 heteroatoms. The predicted molar refractivity (Wildman–Crippen MR) is 111 cm³/mol. The van der Waals surface area contributed by atoms with Crippen molar-refractivity contribution < 1.29 is 14.7 Å². The highest BCUT2D eigenvalue weighted by atomic mass is 16.3. The Kier molecular flexibility index (Phi) is 4.69. The number of primary amides is 1. The van der Waals surface area contributed by atoms with Crippen LogP contribution in [-0.2, 0) is 11.3 Å². The number of amides is 1. The van der Waals surface area contributed by atoms with Crippen LogP contribution in [0.1, 0.15) is 65.0 Å². The minimum atomic E-state index is -1.30. The third kappa shape index (κ3) is 3.13. The molecule has 3 aliphatic heterocycles. The van der Waals surface area contributed by atoms with E-state index in [1.54, 1.807) is 0 Å². The van der Waals surface area contributed by atoms with Gasteiger partial charge in [-0.2, -0.15) is 0 Å². The molecular formula is C23H24N4O3. The van der Waals surface area contributed by atoms with Gasteiger partial charge in [-0.05, 0) is 62.4 Å². The van der Waals surface area contributed by atoms with Crippen LogP contribution in [0.2, 0.25) is 0 Å². The molecule has 7 nitrogen and oxygen atoms in total. The van der Waals surface area contributed by atoms with Crippen molar-refractivity contribution >= 4 is 12.2 Å². The summed E-state index contributed by atoms with van der Waals surface area (Å²) in [5.41, 5.74) is 9.88. The lowest BCUT2D eigenvalue weighted by Crippen LogP contribution is -2.28. The zero-order valence-electron chi connectivity index (χ0n) is 16.7. The van der Waals surface area contributed by atoms with Crippen LogP contribution in [0.3, 0.4) is 0 Å². The van der Waals surface area contributed by atoms with Gasteiger partial charge in [0, 0.05) is 23.7 Å². The standard InChI is InChI=1S/C23H24N4O3/c24-22(30)21-20(12-26-7-1-2-8-26)27-16-10-15(11-16)18-6-4-14(3-5-17(29)13-28)9-19(18)23(27)25-21/h4,6,9,13,15-17,29H,1-2,7-8,10-12H2,(H2,24,30). The first kappa shape index (κ1) is 19.0. The van der Waals surface area contributed by atoms with Crippen LogP contribution in [0.25, 0.3) is 11.4 Å². The Hall–Kier alpha value is -2.95. The van der Waals surface area contributed by atoms with E-state index in [1.807, 2.05) is 12.1 Å². The number of hydrogen-bond acceptors (Lipinski definition) is 5. The molecule has 6 rings (SSSR count). The van der Waals surface area contributed by atoms with Crippen LogP contribution >= 0.6 is 0 Å². The lowest BCUT2D eigenvalue weighted by Gasteiger charge is -2.36. The molecule has 1 saturated carbocycles. The summed E-state index contributed by atoms with van der Waals surface area (Å²) in [5.74, 6) is 6.14. The predicted octanol–water partition coefficient (Wildman–Crippen LogP) is 1.59. The van der Waals surface area contributed by atoms with Crippen LogP contribution < -0.4 is 5.73 Å². The first-order chi connectivity index (χ1) is 14.5. The fraction of sp³-hybridized carbons (Fsp3) is 0.435. The van der Waals surface area contributed by atoms with Crippen molar-refractivity contribution in [1.82, 2.24) is 14.5 Å². The minimum Gasteiger partial charge on any atom is -0.373 e. The molecule has 1 aromatic heterocycles. The quantitative estimate of drug-likeness (QED) is 0.595. The Morgan fingerprint density at radius 3 is 2.80 bits per heavy atom. The van der Waals surface area contributed by atoms with Crippen LogP contribution in [0.5, 0.6) is 0 Å². The maximum Gasteiger partial charge on any atom is 0.269 e. The van der Waals surface area contributed by atoms with Crippen LogP contribution in [0.15, 0.2) is 18.2 Å². The maximum absolute atomic E-state index is 12.3. The molecule has 2 bridgehead atoms. The minimum absolute atomic E-state index is 0.321. The van der Waals surface area contributed by atoms with E-state index in [4.69, 9.17) is 10.7 Å². The monoisotopic (exact) mass is 404 g/mol. The van der Waals surface area contributed by atoms with Gasteiger partial charge in [-0.25, -0.2) is 4.98 Å². The highest BCUT2D eigenvalue weighted by molar-refractivity contribution is 5.93. The Morgan fingerprint density at radius 1 is 1.33 bits per heavy atom. The highest BCUT2D eigenvalue weighted by Gasteiger charge is 2.41. The van der Waals surface area contributed by atoms with Crippen molar-refractivity contribution in [2.75, 3.05) is 13.1 Å². The topological polar surface area (TPSA) is 101 Å². The Balaban J connectivity index is 1.63. The summed E-state index contributed by atoms with van der Waals surface area (Å²) in [5, 5.41) is 9.43. The van der Waals surface area contributed by atoms with Crippen molar-refractivity contribution in [3.63, 3.8) is 0 Å². The summed E-state index contributed by atoms with van der Waals surface area (Å²) in [6, 6.07) is 6.24. The van der Waals surface area contributed by atoms with Gasteiger partial charge in [0.1, 0.15) is 5.82 Å². The number of carbonyl (C=O) groups is 2. The highest BCUT2D eigenvalue weighted by Crippen LogP contribution is 2.53. The number of aldehydes is 1. The largest absolute Gasteiger partial charge is 0.373 e. The molecule has 4 heterocycles. The van der Waals surface area contributed by atoms with E-state index >= 15 is 0 Å². The van der Waals surface area contributed by atoms with Crippen molar-refractivity contribution in [3.05, 3.63) is 40.7 Å². The normalized spacial score (nSPS) is 22.7. The fourth-order valence-electron chi connectivity index (χ4n) is 4.98. The zero-order chi connectivity index (χ0) is 20.8. The van der Waals surface area contributed by atoms with Crippen molar-refractivity contribution in [2.45, 2.75) is 50.3 Å². The second-order valence-electron chi connectivity index (χ2n) is 8.42. The number of hydrogen-bond donors (Lipinski definition) is 2. The summed E-state index contributed by atoms with van der Waals surface area (Å²) in [7, 11) is 0. The van der Waals surface area contributed by atoms with Gasteiger partial charge in [-0.3, -0.25) is 14.5 Å². The lowest BCUT2D eigenvalue weighted by molar-refractivity contribution is -0.112. The van der Waals surface area contributed by atoms with Crippen molar-refractivity contribution in [2.24, 2.45) is 5.73 Å². The Bertz CT molecular complexity index is 1080. The molecule has 3 N–H and O–H groups in total. The first-order valence-electron chi connectivity index (χ1n) is 10.5. The van der Waals surface area contributed by atoms with Crippen LogP contribution in [0.4, 0.5) is 0 Å². The van der Waals surface area contributed by atoms with Gasteiger partial charge < -0.3 is 15.4 Å². The number of rotatable bonds is 4. The fourth-order valence-corrected chi connectivity index (χ4v) is 4.98. The number of nitrogens with two attached hydrogens (primary N) is 1. The number of imidazole rings is 1. The van der Waals surface area contributed by atoms with Gasteiger partial charge in [0.15, 0.2) is 18.1 Å². The Morgan fingerprint density at radius 2 is 2.10 bits per heavy atom. The molecular weight excluding hydrogens is 380 g/mol. The van der Waals surface area contributed by atoms with Gasteiger partial charge in [-0.15, -0.1) is 0 Å². The summed E-state index contributed by atoms with van der Waals surface area (Å²) in [6.07, 6.45) is 3.51. The number of aliphatic hydroxyl groups excluding tert-OH is 1. The van der Waals surface area contributed by atoms with E-state index < -0.39 is 12.0 Å². The van der Waals surface area contributed by atoms with Crippen LogP contribution in [-0.4, -0.2) is 50.9 Å². The van der Waals surface area contributed by atoms with E-state index in [1.165, 1.54) is 18.4 Å². The number of carbonyl (C=O) groups excluding carboxylic acids is 2. The second-order valence-corrected chi connectivity index (χ2v) is 8.42. The maximum atomic E-state index is 12.3. The number of aromatic nitrogens is 2. The van der Waals surface area contributed by atoms with E-state index in [-0.39, 0.29) is 0 Å². The molecule has 2 fully saturated rings. The molecule has 2 aromatic rings. The molecule has 1 saturated heterocycles. The second kappa shape index (κ2) is 7.38. The van der Waals surface area contributed by atoms with Crippen molar-refractivity contribution in [3.8, 4) is 23.2 Å². The van der Waals surface area contributed by atoms with Crippen LogP contribution in [0, 0.1) is 11.8 Å². The van der Waals surface area contributed by atoms with Gasteiger partial charge in [0.25, 0.3) is 5.91 Å². The average Bonchev–Trinajstić information content (AvgIpc) is 3.29. The smallest absolute Gasteiger partial charge is 0.269 e. The molecule has 30 heavy (non-hydrogen) atoms. The summed E-state index contributed by atoms with van der Waals surface area (Å²) in [6.45, 7) is 2.75. The Labute approximate surface area is 174 Å². The number of nitrogens with zero attached hydrogens (tertiary/aromatic N) is 3. The number of likely N-dealkylation sites (tertiary alicyclic amines) is 1. The molecule has 0 radical (unpaired) electrons. The third-order valence-corrected chi connectivity index (χ3v) is 6.52. The number of aliphatic hydroxyl groups is 1. The first-order valence-corrected chi connectivity index (χ1v) is 10.5. The van der Waals surface area contributed by atoms with Gasteiger partial charge in [0.05, 0.1) is 5.69 Å². The van der Waals surface area contributed by atoms with Gasteiger partial charge >= 0.3 is 0 Å². The number of benzene rings is 1. The van der Waals surface area contributed by atoms with Gasteiger partial charge in [-0.1, -0.05) is 17.9 Å². The van der Waals surface area contributed by atoms with E-state index in [0.717, 1.165) is 43.0 Å². The molecule has 154 valence electrons. The molecule has 1 atom stereocenters. The van der Waals surface area contributed by atoms with E-state index in [0.29, 0.717) is 36.0 Å².